The van der Waals surface area contributed by atoms with Crippen molar-refractivity contribution in [3.8, 4) is 0 Å². The average Bonchev–Trinajstić information content (AvgIpc) is 2.15. The molecule has 1 rings (SSSR count). The van der Waals surface area contributed by atoms with E-state index in [1.54, 1.807) is 31.5 Å². The van der Waals surface area contributed by atoms with Gasteiger partial charge in [0, 0.05) is 12.4 Å². The largest absolute Gasteiger partial charge is 1.00 e. The van der Waals surface area contributed by atoms with E-state index in [9.17, 15) is 9.90 Å². The molecule has 15 heavy (non-hydrogen) atoms. The fourth-order valence-corrected chi connectivity index (χ4v) is 0.936. The van der Waals surface area contributed by atoms with Gasteiger partial charge in [0.25, 0.3) is 0 Å². The van der Waals surface area contributed by atoms with Gasteiger partial charge in [-0.2, -0.15) is 0 Å². The van der Waals surface area contributed by atoms with Crippen LogP contribution in [0.5, 0.6) is 0 Å². The van der Waals surface area contributed by atoms with E-state index in [1.807, 2.05) is 12.1 Å². The Morgan fingerprint density at radius 1 is 1.53 bits per heavy atom. The van der Waals surface area contributed by atoms with Gasteiger partial charge in [-0.3, -0.25) is 4.98 Å². The van der Waals surface area contributed by atoms with Crippen LogP contribution in [0, 0.1) is 0 Å². The minimum Gasteiger partial charge on any atom is -0.545 e. The first kappa shape index (κ1) is 14.1. The summed E-state index contributed by atoms with van der Waals surface area (Å²) < 4.78 is 0. The number of carboxylic acids is 1. The molecule has 1 heterocycles. The summed E-state index contributed by atoms with van der Waals surface area (Å²) >= 11 is 0. The predicted octanol–water partition coefficient (Wildman–Crippen LogP) is -2.20. The Balaban J connectivity index is 0.00000196. The second-order valence-electron chi connectivity index (χ2n) is 2.83. The minimum absolute atomic E-state index is 0. The number of aromatic nitrogens is 1. The van der Waals surface area contributed by atoms with E-state index in [4.69, 9.17) is 0 Å². The molecule has 0 spiro atoms. The molecule has 0 radical (unpaired) electrons. The Bertz CT molecular complexity index is 371. The van der Waals surface area contributed by atoms with Gasteiger partial charge >= 0.3 is 29.6 Å². The SMILES string of the molecule is CC(/C=C/c1cccnc1)=C\C(=O)[O-].[Na+]. The number of nitrogens with zero attached hydrogens (tertiary/aromatic N) is 1. The first-order valence-electron chi connectivity index (χ1n) is 4.16. The van der Waals surface area contributed by atoms with Gasteiger partial charge in [0.2, 0.25) is 0 Å². The molecule has 1 aromatic heterocycles. The molecule has 0 bridgehead atoms. The van der Waals surface area contributed by atoms with E-state index in [1.165, 1.54) is 0 Å². The summed E-state index contributed by atoms with van der Waals surface area (Å²) in [6.45, 7) is 1.70. The van der Waals surface area contributed by atoms with E-state index in [0.29, 0.717) is 5.57 Å². The van der Waals surface area contributed by atoms with Crippen molar-refractivity contribution in [1.82, 2.24) is 4.98 Å². The number of carboxylic acid groups (broad SMARTS) is 1. The summed E-state index contributed by atoms with van der Waals surface area (Å²) in [6.07, 6.45) is 7.92. The van der Waals surface area contributed by atoms with E-state index < -0.39 is 5.97 Å². The number of hydrogen-bond donors (Lipinski definition) is 0. The first-order valence-corrected chi connectivity index (χ1v) is 4.16. The van der Waals surface area contributed by atoms with E-state index in [2.05, 4.69) is 4.98 Å². The van der Waals surface area contributed by atoms with Gasteiger partial charge in [-0.15, -0.1) is 0 Å². The second kappa shape index (κ2) is 7.40. The Labute approximate surface area is 111 Å². The summed E-state index contributed by atoms with van der Waals surface area (Å²) in [6, 6.07) is 3.70. The third kappa shape index (κ3) is 6.23. The van der Waals surface area contributed by atoms with Crippen LogP contribution in [0.15, 0.2) is 42.3 Å². The number of carbonyl (C=O) groups excluding carboxylic acids is 1. The van der Waals surface area contributed by atoms with Crippen LogP contribution in [0.4, 0.5) is 0 Å². The smallest absolute Gasteiger partial charge is 0.545 e. The molecule has 4 heteroatoms. The minimum atomic E-state index is -1.18. The molecule has 0 atom stereocenters. The summed E-state index contributed by atoms with van der Waals surface area (Å²) in [7, 11) is 0. The molecule has 0 aliphatic rings. The number of pyridine rings is 1. The molecule has 1 aromatic rings. The van der Waals surface area contributed by atoms with E-state index in [-0.39, 0.29) is 29.6 Å². The van der Waals surface area contributed by atoms with Crippen molar-refractivity contribution < 1.29 is 39.5 Å². The zero-order valence-electron chi connectivity index (χ0n) is 8.81. The van der Waals surface area contributed by atoms with Gasteiger partial charge in [0.15, 0.2) is 0 Å². The zero-order valence-corrected chi connectivity index (χ0v) is 10.8. The molecule has 72 valence electrons. The molecule has 0 unspecified atom stereocenters. The molecule has 0 N–H and O–H groups in total. The summed E-state index contributed by atoms with van der Waals surface area (Å²) in [4.78, 5) is 14.1. The fraction of sp³-hybridized carbons (Fsp3) is 0.0909. The fourth-order valence-electron chi connectivity index (χ4n) is 0.936. The third-order valence-corrected chi connectivity index (χ3v) is 1.57. The molecule has 0 aliphatic carbocycles. The zero-order chi connectivity index (χ0) is 10.4. The molecule has 0 aromatic carbocycles. The van der Waals surface area contributed by atoms with Gasteiger partial charge in [0.1, 0.15) is 0 Å². The van der Waals surface area contributed by atoms with Crippen molar-refractivity contribution in [3.05, 3.63) is 47.8 Å². The van der Waals surface area contributed by atoms with Crippen LogP contribution in [0.25, 0.3) is 6.08 Å². The van der Waals surface area contributed by atoms with Gasteiger partial charge in [0.05, 0.1) is 5.97 Å². The van der Waals surface area contributed by atoms with Gasteiger partial charge < -0.3 is 9.90 Å². The molecule has 3 nitrogen and oxygen atoms in total. The van der Waals surface area contributed by atoms with Crippen LogP contribution < -0.4 is 34.7 Å². The standard InChI is InChI=1S/C11H11NO2.Na/c1-9(7-11(13)14)4-5-10-3-2-6-12-8-10;/h2-8H,1H3,(H,13,14);/q;+1/p-1/b5-4+,9-7+;. The molecular weight excluding hydrogens is 201 g/mol. The maximum absolute atomic E-state index is 10.2. The average molecular weight is 211 g/mol. The van der Waals surface area contributed by atoms with Crippen LogP contribution in [0.1, 0.15) is 12.5 Å². The van der Waals surface area contributed by atoms with Gasteiger partial charge in [-0.1, -0.05) is 18.2 Å². The molecule has 0 saturated carbocycles. The Morgan fingerprint density at radius 2 is 2.27 bits per heavy atom. The number of rotatable bonds is 3. The molecule has 0 aliphatic heterocycles. The number of hydrogen-bond acceptors (Lipinski definition) is 3. The molecular formula is C11H10NNaO2. The number of allylic oxidation sites excluding steroid dienone is 2. The van der Waals surface area contributed by atoms with E-state index in [0.717, 1.165) is 11.6 Å². The van der Waals surface area contributed by atoms with Crippen molar-refractivity contribution in [3.63, 3.8) is 0 Å². The van der Waals surface area contributed by atoms with Crippen molar-refractivity contribution >= 4 is 12.0 Å². The Hall–Kier alpha value is -0.900. The van der Waals surface area contributed by atoms with Gasteiger partial charge in [-0.05, 0) is 30.2 Å². The Morgan fingerprint density at radius 3 is 2.80 bits per heavy atom. The maximum atomic E-state index is 10.2. The van der Waals surface area contributed by atoms with Crippen LogP contribution in [-0.2, 0) is 4.79 Å². The van der Waals surface area contributed by atoms with Crippen molar-refractivity contribution in [2.24, 2.45) is 0 Å². The quantitative estimate of drug-likeness (QED) is 0.324. The monoisotopic (exact) mass is 211 g/mol. The third-order valence-electron chi connectivity index (χ3n) is 1.57. The van der Waals surface area contributed by atoms with Crippen molar-refractivity contribution in [2.45, 2.75) is 6.92 Å². The summed E-state index contributed by atoms with van der Waals surface area (Å²) in [5, 5.41) is 10.2. The van der Waals surface area contributed by atoms with Crippen molar-refractivity contribution in [1.29, 1.82) is 0 Å². The second-order valence-corrected chi connectivity index (χ2v) is 2.83. The molecule has 0 fully saturated rings. The Kier molecular flexibility index (Phi) is 6.96. The predicted molar refractivity (Wildman–Crippen MR) is 52.0 cm³/mol. The molecule has 0 amide bonds. The normalized spacial score (nSPS) is 11.1. The number of carbonyl (C=O) groups is 1. The topological polar surface area (TPSA) is 53.0 Å². The first-order chi connectivity index (χ1) is 6.68. The van der Waals surface area contributed by atoms with Crippen LogP contribution in [0.3, 0.4) is 0 Å². The summed E-state index contributed by atoms with van der Waals surface area (Å²) in [5.41, 5.74) is 1.56. The van der Waals surface area contributed by atoms with Gasteiger partial charge in [-0.25, -0.2) is 0 Å². The molecule has 0 saturated heterocycles. The van der Waals surface area contributed by atoms with Crippen molar-refractivity contribution in [2.75, 3.05) is 0 Å². The maximum Gasteiger partial charge on any atom is 1.00 e. The van der Waals surface area contributed by atoms with Crippen LogP contribution in [-0.4, -0.2) is 11.0 Å². The number of aliphatic carboxylic acids is 1. The van der Waals surface area contributed by atoms with Crippen LogP contribution in [0.2, 0.25) is 0 Å². The van der Waals surface area contributed by atoms with Crippen LogP contribution >= 0.6 is 0 Å². The van der Waals surface area contributed by atoms with E-state index >= 15 is 0 Å². The summed E-state index contributed by atoms with van der Waals surface area (Å²) in [5.74, 6) is -1.18.